The van der Waals surface area contributed by atoms with Crippen molar-refractivity contribution in [1.29, 1.82) is 0 Å². The van der Waals surface area contributed by atoms with E-state index in [0.29, 0.717) is 0 Å². The minimum absolute atomic E-state index is 0. The fourth-order valence-electron chi connectivity index (χ4n) is 0. The molecule has 0 aliphatic rings. The summed E-state index contributed by atoms with van der Waals surface area (Å²) in [4.78, 5) is 0. The van der Waals surface area contributed by atoms with Crippen molar-refractivity contribution >= 4 is 88.7 Å². The second kappa shape index (κ2) is 241. The molecule has 16 N–H and O–H groups in total. The topological polar surface area (TPSA) is 252 Å². The predicted molar refractivity (Wildman–Crippen MR) is 50.4 cm³/mol. The van der Waals surface area contributed by atoms with E-state index in [1.165, 1.54) is 0 Å². The van der Waals surface area contributed by atoms with Crippen LogP contribution in [-0.4, -0.2) is 132 Å². The Kier molecular flexibility index (Phi) is 6700. The van der Waals surface area contributed by atoms with Crippen molar-refractivity contribution < 1.29 is 43.8 Å². The van der Waals surface area contributed by atoms with E-state index in [1.807, 2.05) is 0 Å². The first-order valence-electron chi connectivity index (χ1n) is 0. The van der Waals surface area contributed by atoms with Gasteiger partial charge in [0.15, 0.2) is 0 Å². The third-order valence-corrected chi connectivity index (χ3v) is 0. The molecule has 70 valence electrons. The Morgan fingerprint density at radius 1 is 0.182 bits per heavy atom. The Hall–Kier alpha value is 2.68. The summed E-state index contributed by atoms with van der Waals surface area (Å²) in [6, 6.07) is 0. The normalized spacial score (nSPS) is 0. The van der Waals surface area contributed by atoms with Crippen molar-refractivity contribution in [1.82, 2.24) is 0 Å². The monoisotopic (exact) mass is 216 g/mol. The van der Waals surface area contributed by atoms with Crippen LogP contribution in [0.15, 0.2) is 0 Å². The van der Waals surface area contributed by atoms with Crippen molar-refractivity contribution in [3.8, 4) is 0 Å². The molecular formula is H19Na3O8. The molecule has 11 heavy (non-hydrogen) atoms. The summed E-state index contributed by atoms with van der Waals surface area (Å²) in [7, 11) is 0. The van der Waals surface area contributed by atoms with Crippen LogP contribution in [0.5, 0.6) is 0 Å². The van der Waals surface area contributed by atoms with Gasteiger partial charge in [0.25, 0.3) is 0 Å². The number of hydrogen-bond donors (Lipinski definition) is 0. The zero-order valence-corrected chi connectivity index (χ0v) is 4.00. The average molecular weight is 216 g/mol. The first kappa shape index (κ1) is 306. The third kappa shape index (κ3) is 201. The summed E-state index contributed by atoms with van der Waals surface area (Å²) in [5.41, 5.74) is 0. The molecule has 0 radical (unpaired) electrons. The molecule has 8 nitrogen and oxygen atoms in total. The van der Waals surface area contributed by atoms with Crippen LogP contribution in [0.25, 0.3) is 0 Å². The van der Waals surface area contributed by atoms with E-state index in [1.54, 1.807) is 0 Å². The molecule has 0 bridgehead atoms. The van der Waals surface area contributed by atoms with Gasteiger partial charge in [-0.25, -0.2) is 0 Å². The third-order valence-electron chi connectivity index (χ3n) is 0. The molecule has 0 saturated heterocycles. The Morgan fingerprint density at radius 3 is 0.182 bits per heavy atom. The first-order valence-corrected chi connectivity index (χ1v) is 0. The molecule has 0 spiro atoms. The second-order valence-electron chi connectivity index (χ2n) is 0. The Labute approximate surface area is 130 Å². The van der Waals surface area contributed by atoms with E-state index in [2.05, 4.69) is 0 Å². The van der Waals surface area contributed by atoms with Gasteiger partial charge in [0.05, 0.1) is 0 Å². The van der Waals surface area contributed by atoms with Gasteiger partial charge in [0.1, 0.15) is 0 Å². The molecule has 0 rings (SSSR count). The molecule has 0 unspecified atom stereocenters. The van der Waals surface area contributed by atoms with Gasteiger partial charge in [-0.1, -0.05) is 0 Å². The molecule has 0 atom stereocenters. The molecule has 0 aliphatic carbocycles. The number of rotatable bonds is 0. The first-order chi connectivity index (χ1) is 0. The van der Waals surface area contributed by atoms with E-state index in [9.17, 15) is 0 Å². The van der Waals surface area contributed by atoms with E-state index in [4.69, 9.17) is 0 Å². The summed E-state index contributed by atoms with van der Waals surface area (Å²) < 4.78 is 0. The molecule has 0 saturated carbocycles. The quantitative estimate of drug-likeness (QED) is 0.341. The van der Waals surface area contributed by atoms with Gasteiger partial charge in [-0.15, -0.1) is 0 Å². The summed E-state index contributed by atoms with van der Waals surface area (Å²) in [6.07, 6.45) is 0. The fourth-order valence-corrected chi connectivity index (χ4v) is 0. The van der Waals surface area contributed by atoms with Gasteiger partial charge in [0, 0.05) is 0 Å². The van der Waals surface area contributed by atoms with Gasteiger partial charge < -0.3 is 43.8 Å². The van der Waals surface area contributed by atoms with Crippen LogP contribution in [-0.2, 0) is 0 Å². The van der Waals surface area contributed by atoms with E-state index >= 15 is 0 Å². The molecule has 0 amide bonds. The van der Waals surface area contributed by atoms with Crippen LogP contribution < -0.4 is 0 Å². The molecule has 0 aliphatic heterocycles. The van der Waals surface area contributed by atoms with E-state index in [0.717, 1.165) is 0 Å². The zero-order chi connectivity index (χ0) is 0. The minimum atomic E-state index is 0. The molecule has 0 heterocycles. The van der Waals surface area contributed by atoms with Gasteiger partial charge in [0.2, 0.25) is 0 Å². The molecule has 0 aromatic carbocycles. The summed E-state index contributed by atoms with van der Waals surface area (Å²) in [5.74, 6) is 0. The molecule has 0 aromatic heterocycles. The van der Waals surface area contributed by atoms with Crippen LogP contribution >= 0.6 is 0 Å². The van der Waals surface area contributed by atoms with Crippen LogP contribution in [0.2, 0.25) is 0 Å². The average Bonchev–Trinajstić information content (AvgIpc) is 0. The van der Waals surface area contributed by atoms with Crippen molar-refractivity contribution in [3.63, 3.8) is 0 Å². The zero-order valence-electron chi connectivity index (χ0n) is 4.00. The van der Waals surface area contributed by atoms with Crippen LogP contribution in [0.3, 0.4) is 0 Å². The molecular weight excluding hydrogens is 197 g/mol. The van der Waals surface area contributed by atoms with Gasteiger partial charge >= 0.3 is 88.7 Å². The maximum atomic E-state index is 0. The Bertz CT molecular complexity index is 9.30. The van der Waals surface area contributed by atoms with Crippen LogP contribution in [0.4, 0.5) is 0 Å². The predicted octanol–water partition coefficient (Wildman–Crippen LogP) is -8.54. The standard InChI is InChI=1S/3Na.8H2O.3H/h;;;8*1H2;;;. The van der Waals surface area contributed by atoms with Crippen molar-refractivity contribution in [3.05, 3.63) is 0 Å². The van der Waals surface area contributed by atoms with Crippen molar-refractivity contribution in [2.24, 2.45) is 0 Å². The van der Waals surface area contributed by atoms with Gasteiger partial charge in [-0.05, 0) is 0 Å². The molecule has 0 fully saturated rings. The maximum absolute atomic E-state index is 0. The summed E-state index contributed by atoms with van der Waals surface area (Å²) in [5, 5.41) is 0. The molecule has 11 heteroatoms. The van der Waals surface area contributed by atoms with Crippen LogP contribution in [0, 0.1) is 0 Å². The van der Waals surface area contributed by atoms with Crippen molar-refractivity contribution in [2.45, 2.75) is 0 Å². The summed E-state index contributed by atoms with van der Waals surface area (Å²) >= 11 is 0. The van der Waals surface area contributed by atoms with Crippen molar-refractivity contribution in [2.75, 3.05) is 0 Å². The Morgan fingerprint density at radius 2 is 0.182 bits per heavy atom. The van der Waals surface area contributed by atoms with Gasteiger partial charge in [-0.2, -0.15) is 0 Å². The second-order valence-corrected chi connectivity index (χ2v) is 0. The summed E-state index contributed by atoms with van der Waals surface area (Å²) in [6.45, 7) is 0. The van der Waals surface area contributed by atoms with Gasteiger partial charge in [-0.3, -0.25) is 0 Å². The SMILES string of the molecule is O.O.O.O.O.O.O.O.[NaH].[NaH].[NaH]. The Balaban J connectivity index is 0. The fraction of sp³-hybridized carbons (Fsp3) is 0. The van der Waals surface area contributed by atoms with Crippen LogP contribution in [0.1, 0.15) is 0 Å². The van der Waals surface area contributed by atoms with E-state index in [-0.39, 0.29) is 132 Å². The molecule has 0 aromatic rings. The number of hydrogen-bond acceptors (Lipinski definition) is 0. The van der Waals surface area contributed by atoms with E-state index < -0.39 is 0 Å².